The second kappa shape index (κ2) is 10.6. The molecule has 0 unspecified atom stereocenters. The van der Waals surface area contributed by atoms with E-state index in [0.717, 1.165) is 11.1 Å². The number of benzene rings is 3. The Labute approximate surface area is 222 Å². The molecule has 3 atom stereocenters. The fourth-order valence-electron chi connectivity index (χ4n) is 4.62. The van der Waals surface area contributed by atoms with Crippen LogP contribution in [0.5, 0.6) is 0 Å². The number of ether oxygens (including phenoxy) is 1. The number of rotatable bonds is 5. The zero-order valence-electron chi connectivity index (χ0n) is 20.8. The van der Waals surface area contributed by atoms with Crippen LogP contribution in [0.15, 0.2) is 78.9 Å². The van der Waals surface area contributed by atoms with Gasteiger partial charge in [-0.15, -0.1) is 0 Å². The van der Waals surface area contributed by atoms with E-state index in [1.807, 2.05) is 67.6 Å². The Balaban J connectivity index is 1.87. The molecular formula is C29H30Cl2N2O3. The molecule has 0 bridgehead atoms. The van der Waals surface area contributed by atoms with Crippen molar-refractivity contribution in [3.05, 3.63) is 106 Å². The van der Waals surface area contributed by atoms with Crippen molar-refractivity contribution >= 4 is 35.2 Å². The minimum atomic E-state index is -0.771. The van der Waals surface area contributed by atoms with Crippen LogP contribution < -0.4 is 0 Å². The Morgan fingerprint density at radius 1 is 0.944 bits per heavy atom. The molecule has 0 radical (unpaired) electrons. The lowest BCUT2D eigenvalue weighted by Gasteiger charge is -2.36. The quantitative estimate of drug-likeness (QED) is 0.347. The summed E-state index contributed by atoms with van der Waals surface area (Å²) in [7, 11) is 0. The second-order valence-corrected chi connectivity index (χ2v) is 10.8. The molecule has 2 amide bonds. The van der Waals surface area contributed by atoms with Crippen molar-refractivity contribution in [1.29, 1.82) is 0 Å². The van der Waals surface area contributed by atoms with Gasteiger partial charge < -0.3 is 4.74 Å². The molecule has 36 heavy (non-hydrogen) atoms. The van der Waals surface area contributed by atoms with Crippen molar-refractivity contribution in [3.63, 3.8) is 0 Å². The molecule has 1 heterocycles. The number of carbonyl (C=O) groups is 2. The van der Waals surface area contributed by atoms with E-state index in [4.69, 9.17) is 27.9 Å². The summed E-state index contributed by atoms with van der Waals surface area (Å²) >= 11 is 12.6. The van der Waals surface area contributed by atoms with Crippen molar-refractivity contribution < 1.29 is 14.3 Å². The number of halogens is 2. The highest BCUT2D eigenvalue weighted by Gasteiger charge is 2.52. The average molecular weight is 525 g/mol. The molecule has 7 heteroatoms. The van der Waals surface area contributed by atoms with E-state index in [1.54, 1.807) is 39.0 Å². The highest BCUT2D eigenvalue weighted by atomic mass is 35.5. The minimum Gasteiger partial charge on any atom is -0.443 e. The molecule has 0 spiro atoms. The van der Waals surface area contributed by atoms with Gasteiger partial charge >= 0.3 is 6.09 Å². The predicted octanol–water partition coefficient (Wildman–Crippen LogP) is 7.44. The van der Waals surface area contributed by atoms with Crippen LogP contribution in [0.1, 0.15) is 56.6 Å². The number of hydrogen-bond acceptors (Lipinski definition) is 4. The van der Waals surface area contributed by atoms with Gasteiger partial charge in [-0.3, -0.25) is 9.69 Å². The van der Waals surface area contributed by atoms with Crippen LogP contribution >= 0.6 is 23.2 Å². The molecule has 0 N–H and O–H groups in total. The molecular weight excluding hydrogens is 495 g/mol. The Bertz CT molecular complexity index is 1230. The summed E-state index contributed by atoms with van der Waals surface area (Å²) in [6.45, 7) is 7.39. The van der Waals surface area contributed by atoms with Gasteiger partial charge in [0.1, 0.15) is 11.8 Å². The molecule has 5 nitrogen and oxygen atoms in total. The van der Waals surface area contributed by atoms with Gasteiger partial charge in [0.15, 0.2) is 0 Å². The Morgan fingerprint density at radius 3 is 2.14 bits per heavy atom. The largest absolute Gasteiger partial charge is 0.443 e. The number of hydrogen-bond donors (Lipinski definition) is 0. The normalized spacial score (nSPS) is 19.4. The van der Waals surface area contributed by atoms with Crippen LogP contribution in [0.4, 0.5) is 4.79 Å². The van der Waals surface area contributed by atoms with Crippen LogP contribution in [-0.4, -0.2) is 33.4 Å². The maximum absolute atomic E-state index is 14.0. The first kappa shape index (κ1) is 26.2. The van der Waals surface area contributed by atoms with Gasteiger partial charge in [0.25, 0.3) is 5.91 Å². The molecule has 0 saturated carbocycles. The number of amides is 2. The third-order valence-corrected chi connectivity index (χ3v) is 6.98. The molecule has 1 fully saturated rings. The lowest BCUT2D eigenvalue weighted by atomic mass is 9.99. The SMILES string of the molecule is C[C@@H](c1ccccc1)N1[C@@H](Cc2ccccc2)C(=O)N(C(=O)OC(C)(C)C)[C@@H]1c1ccc(Cl)c(Cl)c1. The highest BCUT2D eigenvalue weighted by Crippen LogP contribution is 2.43. The van der Waals surface area contributed by atoms with Gasteiger partial charge in [0.2, 0.25) is 0 Å². The van der Waals surface area contributed by atoms with E-state index in [0.29, 0.717) is 22.0 Å². The first-order valence-electron chi connectivity index (χ1n) is 11.9. The summed E-state index contributed by atoms with van der Waals surface area (Å²) in [4.78, 5) is 30.9. The summed E-state index contributed by atoms with van der Waals surface area (Å²) in [5.41, 5.74) is 1.94. The van der Waals surface area contributed by atoms with Crippen molar-refractivity contribution in [2.75, 3.05) is 0 Å². The lowest BCUT2D eigenvalue weighted by molar-refractivity contribution is -0.129. The minimum absolute atomic E-state index is 0.198. The Hall–Kier alpha value is -2.86. The smallest absolute Gasteiger partial charge is 0.418 e. The fourth-order valence-corrected chi connectivity index (χ4v) is 4.93. The fraction of sp³-hybridized carbons (Fsp3) is 0.310. The highest BCUT2D eigenvalue weighted by molar-refractivity contribution is 6.42. The van der Waals surface area contributed by atoms with Crippen LogP contribution in [0, 0.1) is 0 Å². The van der Waals surface area contributed by atoms with Crippen LogP contribution in [-0.2, 0) is 16.0 Å². The van der Waals surface area contributed by atoms with Crippen LogP contribution in [0.25, 0.3) is 0 Å². The predicted molar refractivity (Wildman–Crippen MR) is 143 cm³/mol. The lowest BCUT2D eigenvalue weighted by Crippen LogP contribution is -2.41. The number of imide groups is 1. The van der Waals surface area contributed by atoms with Gasteiger partial charge in [-0.2, -0.15) is 0 Å². The third-order valence-electron chi connectivity index (χ3n) is 6.24. The van der Waals surface area contributed by atoms with E-state index < -0.39 is 23.9 Å². The summed E-state index contributed by atoms with van der Waals surface area (Å²) < 4.78 is 5.71. The summed E-state index contributed by atoms with van der Waals surface area (Å²) in [6.07, 6.45) is -0.982. The Kier molecular flexibility index (Phi) is 7.74. The first-order chi connectivity index (χ1) is 17.1. The van der Waals surface area contributed by atoms with Crippen molar-refractivity contribution in [2.24, 2.45) is 0 Å². The maximum atomic E-state index is 14.0. The second-order valence-electron chi connectivity index (χ2n) is 9.98. The molecule has 0 aromatic heterocycles. The topological polar surface area (TPSA) is 49.9 Å². The van der Waals surface area contributed by atoms with Gasteiger partial charge in [-0.25, -0.2) is 9.69 Å². The van der Waals surface area contributed by atoms with Crippen LogP contribution in [0.3, 0.4) is 0 Å². The molecule has 1 aliphatic rings. The summed E-state index contributed by atoms with van der Waals surface area (Å²) in [5.74, 6) is -0.313. The zero-order chi connectivity index (χ0) is 26.0. The van der Waals surface area contributed by atoms with Crippen molar-refractivity contribution in [1.82, 2.24) is 9.80 Å². The average Bonchev–Trinajstić information content (AvgIpc) is 3.12. The molecule has 3 aromatic carbocycles. The standard InChI is InChI=1S/C29H30Cl2N2O3/c1-19(21-13-9-6-10-14-21)32-25(17-20-11-7-5-8-12-20)27(34)33(28(35)36-29(2,3)4)26(32)22-15-16-23(30)24(31)18-22/h5-16,18-19,25-26H,17H2,1-4H3/t19-,25-,26+/m0/s1. The molecule has 188 valence electrons. The van der Waals surface area contributed by atoms with E-state index in [1.165, 1.54) is 4.90 Å². The third kappa shape index (κ3) is 5.59. The summed E-state index contributed by atoms with van der Waals surface area (Å²) in [6, 6.07) is 24.2. The van der Waals surface area contributed by atoms with E-state index >= 15 is 0 Å². The van der Waals surface area contributed by atoms with E-state index in [9.17, 15) is 9.59 Å². The zero-order valence-corrected chi connectivity index (χ0v) is 22.3. The van der Waals surface area contributed by atoms with Gasteiger partial charge in [0, 0.05) is 6.04 Å². The van der Waals surface area contributed by atoms with Crippen molar-refractivity contribution in [3.8, 4) is 0 Å². The van der Waals surface area contributed by atoms with E-state index in [-0.39, 0.29) is 11.9 Å². The van der Waals surface area contributed by atoms with E-state index in [2.05, 4.69) is 4.90 Å². The molecule has 1 aliphatic heterocycles. The monoisotopic (exact) mass is 524 g/mol. The van der Waals surface area contributed by atoms with Gasteiger partial charge in [-0.05, 0) is 62.9 Å². The van der Waals surface area contributed by atoms with Gasteiger partial charge in [-0.1, -0.05) is 89.9 Å². The number of nitrogens with zero attached hydrogens (tertiary/aromatic N) is 2. The maximum Gasteiger partial charge on any atom is 0.418 e. The molecule has 0 aliphatic carbocycles. The summed E-state index contributed by atoms with van der Waals surface area (Å²) in [5, 5.41) is 0.752. The van der Waals surface area contributed by atoms with Crippen LogP contribution in [0.2, 0.25) is 10.0 Å². The number of carbonyl (C=O) groups excluding carboxylic acids is 2. The first-order valence-corrected chi connectivity index (χ1v) is 12.7. The van der Waals surface area contributed by atoms with Crippen molar-refractivity contribution in [2.45, 2.75) is 58.0 Å². The molecule has 3 aromatic rings. The van der Waals surface area contributed by atoms with Gasteiger partial charge in [0.05, 0.1) is 16.1 Å². The Morgan fingerprint density at radius 2 is 1.56 bits per heavy atom. The molecule has 1 saturated heterocycles. The molecule has 4 rings (SSSR count).